The van der Waals surface area contributed by atoms with Crippen molar-refractivity contribution in [2.45, 2.75) is 38.9 Å². The van der Waals surface area contributed by atoms with Crippen LogP contribution in [0.3, 0.4) is 0 Å². The first-order valence-corrected chi connectivity index (χ1v) is 6.79. The molecule has 0 aliphatic carbocycles. The average Bonchev–Trinajstić information content (AvgIpc) is 2.13. The van der Waals surface area contributed by atoms with Gasteiger partial charge in [0.2, 0.25) is 0 Å². The van der Waals surface area contributed by atoms with Crippen molar-refractivity contribution in [2.24, 2.45) is 0 Å². The molecule has 0 saturated carbocycles. The van der Waals surface area contributed by atoms with Crippen molar-refractivity contribution in [3.63, 3.8) is 0 Å². The third-order valence-corrected chi connectivity index (χ3v) is 4.02. The Labute approximate surface area is 86.9 Å². The zero-order valence-electron chi connectivity index (χ0n) is 8.63. The molecule has 0 aliphatic heterocycles. The molecule has 0 atom stereocenters. The molecule has 0 heterocycles. The van der Waals surface area contributed by atoms with Crippen molar-refractivity contribution in [2.75, 3.05) is 6.61 Å². The van der Waals surface area contributed by atoms with Crippen molar-refractivity contribution < 1.29 is 9.53 Å². The molecule has 0 aliphatic rings. The van der Waals surface area contributed by atoms with Crippen molar-refractivity contribution in [1.29, 1.82) is 0 Å². The van der Waals surface area contributed by atoms with Gasteiger partial charge in [0.05, 0.1) is 0 Å². The monoisotopic (exact) mass is 250 g/mol. The van der Waals surface area contributed by atoms with Gasteiger partial charge in [0, 0.05) is 0 Å². The summed E-state index contributed by atoms with van der Waals surface area (Å²) in [6.45, 7) is 6.37. The summed E-state index contributed by atoms with van der Waals surface area (Å²) in [6.07, 6.45) is 4.28. The molecule has 0 aromatic heterocycles. The molecule has 0 N–H and O–H groups in total. The number of hydrogen-bond acceptors (Lipinski definition) is 2. The summed E-state index contributed by atoms with van der Waals surface area (Å²) >= 11 is 0.303. The van der Waals surface area contributed by atoms with E-state index < -0.39 is 0 Å². The summed E-state index contributed by atoms with van der Waals surface area (Å²) in [5, 5.41) is 1.14. The third-order valence-electron chi connectivity index (χ3n) is 1.49. The molecule has 3 heteroatoms. The number of hydrogen-bond donors (Lipinski definition) is 0. The zero-order chi connectivity index (χ0) is 10.1. The van der Waals surface area contributed by atoms with Crippen LogP contribution in [-0.4, -0.2) is 27.5 Å². The van der Waals surface area contributed by atoms with Gasteiger partial charge in [-0.1, -0.05) is 0 Å². The van der Waals surface area contributed by atoms with E-state index in [0.29, 0.717) is 21.6 Å². The topological polar surface area (TPSA) is 26.3 Å². The van der Waals surface area contributed by atoms with E-state index >= 15 is 0 Å². The first-order valence-electron chi connectivity index (χ1n) is 4.72. The van der Waals surface area contributed by atoms with Gasteiger partial charge < -0.3 is 0 Å². The molecular formula is C10H18O2Se. The van der Waals surface area contributed by atoms with Crippen LogP contribution in [0.5, 0.6) is 0 Å². The van der Waals surface area contributed by atoms with Gasteiger partial charge in [0.1, 0.15) is 0 Å². The molecular weight excluding hydrogens is 231 g/mol. The molecule has 0 bridgehead atoms. The Balaban J connectivity index is 3.83. The number of carbonyl (C=O) groups is 1. The van der Waals surface area contributed by atoms with E-state index in [2.05, 4.69) is 6.92 Å². The Kier molecular flexibility index (Phi) is 8.16. The van der Waals surface area contributed by atoms with Crippen molar-refractivity contribution in [1.82, 2.24) is 0 Å². The number of esters is 1. The fraction of sp³-hybridized carbons (Fsp3) is 0.700. The van der Waals surface area contributed by atoms with Crippen LogP contribution in [0.1, 0.15) is 33.6 Å². The van der Waals surface area contributed by atoms with Gasteiger partial charge in [-0.05, 0) is 0 Å². The van der Waals surface area contributed by atoms with Crippen molar-refractivity contribution in [3.05, 3.63) is 10.5 Å². The Hall–Kier alpha value is -0.271. The second kappa shape index (κ2) is 8.33. The minimum absolute atomic E-state index is 0.124. The third kappa shape index (κ3) is 5.89. The van der Waals surface area contributed by atoms with Crippen LogP contribution < -0.4 is 0 Å². The van der Waals surface area contributed by atoms with Crippen LogP contribution in [0.4, 0.5) is 0 Å². The van der Waals surface area contributed by atoms with E-state index in [1.54, 1.807) is 0 Å². The predicted octanol–water partition coefficient (Wildman–Crippen LogP) is 2.38. The fourth-order valence-electron chi connectivity index (χ4n) is 0.789. The molecule has 0 amide bonds. The average molecular weight is 249 g/mol. The number of carbonyl (C=O) groups excluding carboxylic acids is 1. The summed E-state index contributed by atoms with van der Waals surface area (Å²) in [7, 11) is 0. The number of rotatable bonds is 6. The van der Waals surface area contributed by atoms with E-state index in [9.17, 15) is 4.79 Å². The normalized spacial score (nSPS) is 11.5. The van der Waals surface area contributed by atoms with Crippen LogP contribution in [0.2, 0.25) is 5.32 Å². The SMILES string of the molecule is C/C=C(\[Se]CCCC)C(=O)OCC. The molecule has 0 unspecified atom stereocenters. The maximum atomic E-state index is 11.3. The van der Waals surface area contributed by atoms with Gasteiger partial charge in [-0.25, -0.2) is 0 Å². The van der Waals surface area contributed by atoms with Crippen LogP contribution in [-0.2, 0) is 9.53 Å². The van der Waals surface area contributed by atoms with Gasteiger partial charge >= 0.3 is 86.5 Å². The summed E-state index contributed by atoms with van der Waals surface area (Å²) in [6, 6.07) is 0. The standard InChI is InChI=1S/C10H18O2Se/c1-4-7-8-13-9(5-2)10(11)12-6-3/h5H,4,6-8H2,1-3H3/b9-5-. The van der Waals surface area contributed by atoms with Crippen LogP contribution in [0.15, 0.2) is 10.5 Å². The summed E-state index contributed by atoms with van der Waals surface area (Å²) < 4.78 is 5.81. The van der Waals surface area contributed by atoms with Gasteiger partial charge in [0.25, 0.3) is 0 Å². The van der Waals surface area contributed by atoms with Crippen LogP contribution in [0, 0.1) is 0 Å². The second-order valence-electron chi connectivity index (χ2n) is 2.58. The van der Waals surface area contributed by atoms with E-state index in [4.69, 9.17) is 4.74 Å². The second-order valence-corrected chi connectivity index (χ2v) is 4.96. The Morgan fingerprint density at radius 1 is 1.46 bits per heavy atom. The first kappa shape index (κ1) is 12.7. The van der Waals surface area contributed by atoms with Crippen LogP contribution >= 0.6 is 0 Å². The molecule has 13 heavy (non-hydrogen) atoms. The van der Waals surface area contributed by atoms with E-state index in [1.165, 1.54) is 12.8 Å². The Morgan fingerprint density at radius 2 is 2.15 bits per heavy atom. The summed E-state index contributed by atoms with van der Waals surface area (Å²) in [5.41, 5.74) is 0. The van der Waals surface area contributed by atoms with E-state index in [-0.39, 0.29) is 5.97 Å². The van der Waals surface area contributed by atoms with E-state index in [0.717, 1.165) is 9.79 Å². The van der Waals surface area contributed by atoms with Crippen molar-refractivity contribution in [3.8, 4) is 0 Å². The van der Waals surface area contributed by atoms with E-state index in [1.807, 2.05) is 19.9 Å². The number of ether oxygens (including phenoxy) is 1. The summed E-state index contributed by atoms with van der Waals surface area (Å²) in [5.74, 6) is -0.124. The Bertz CT molecular complexity index is 176. The fourth-order valence-corrected chi connectivity index (χ4v) is 2.88. The molecule has 0 aromatic rings. The predicted molar refractivity (Wildman–Crippen MR) is 55.9 cm³/mol. The molecule has 76 valence electrons. The number of allylic oxidation sites excluding steroid dienone is 1. The Morgan fingerprint density at radius 3 is 2.62 bits per heavy atom. The molecule has 0 spiro atoms. The molecule has 0 aromatic carbocycles. The molecule has 0 radical (unpaired) electrons. The minimum atomic E-state index is -0.124. The maximum absolute atomic E-state index is 11.3. The molecule has 0 fully saturated rings. The van der Waals surface area contributed by atoms with Gasteiger partial charge in [0.15, 0.2) is 0 Å². The van der Waals surface area contributed by atoms with Crippen molar-refractivity contribution >= 4 is 20.9 Å². The van der Waals surface area contributed by atoms with Crippen LogP contribution in [0.25, 0.3) is 0 Å². The van der Waals surface area contributed by atoms with Gasteiger partial charge in [-0.3, -0.25) is 0 Å². The van der Waals surface area contributed by atoms with Gasteiger partial charge in [-0.2, -0.15) is 0 Å². The first-order chi connectivity index (χ1) is 6.26. The molecule has 2 nitrogen and oxygen atoms in total. The summed E-state index contributed by atoms with van der Waals surface area (Å²) in [4.78, 5) is 11.3. The quantitative estimate of drug-likeness (QED) is 0.312. The zero-order valence-corrected chi connectivity index (χ0v) is 10.3. The molecule has 0 rings (SSSR count). The number of unbranched alkanes of at least 4 members (excludes halogenated alkanes) is 1. The molecule has 0 saturated heterocycles. The van der Waals surface area contributed by atoms with Gasteiger partial charge in [-0.15, -0.1) is 0 Å².